The van der Waals surface area contributed by atoms with Gasteiger partial charge >= 0.3 is 5.91 Å². The molecule has 1 aliphatic rings. The first kappa shape index (κ1) is 19.8. The first-order chi connectivity index (χ1) is 13.6. The van der Waals surface area contributed by atoms with E-state index in [1.54, 1.807) is 18.2 Å². The lowest BCUT2D eigenvalue weighted by atomic mass is 9.95. The average molecular weight is 395 g/mol. The third-order valence-electron chi connectivity index (χ3n) is 4.83. The minimum absolute atomic E-state index is 0.0921. The van der Waals surface area contributed by atoms with Gasteiger partial charge in [-0.3, -0.25) is 14.5 Å². The Morgan fingerprint density at radius 2 is 2.00 bits per heavy atom. The number of hydrogen-bond donors (Lipinski definition) is 1. The van der Waals surface area contributed by atoms with Gasteiger partial charge in [-0.05, 0) is 53.6 Å². The number of thiophene rings is 1. The highest BCUT2D eigenvalue weighted by Gasteiger charge is 2.34. The van der Waals surface area contributed by atoms with Crippen molar-refractivity contribution in [3.8, 4) is 12.3 Å². The molecular formula is C21H21N3O3S. The third-order valence-corrected chi connectivity index (χ3v) is 5.75. The summed E-state index contributed by atoms with van der Waals surface area (Å²) in [5.74, 6) is 1.18. The Morgan fingerprint density at radius 3 is 2.64 bits per heavy atom. The van der Waals surface area contributed by atoms with Crippen LogP contribution in [0.2, 0.25) is 0 Å². The van der Waals surface area contributed by atoms with E-state index in [2.05, 4.69) is 16.4 Å². The highest BCUT2D eigenvalue weighted by molar-refractivity contribution is 7.10. The van der Waals surface area contributed by atoms with E-state index in [1.165, 1.54) is 34.8 Å². The predicted octanol–water partition coefficient (Wildman–Crippen LogP) is 4.30. The molecule has 1 atom stereocenters. The molecule has 1 N–H and O–H groups in total. The lowest BCUT2D eigenvalue weighted by Crippen LogP contribution is -2.46. The molecule has 2 aromatic rings. The second-order valence-electron chi connectivity index (χ2n) is 6.69. The van der Waals surface area contributed by atoms with Crippen molar-refractivity contribution in [3.05, 3.63) is 51.6 Å². The lowest BCUT2D eigenvalue weighted by Gasteiger charge is -2.31. The highest BCUT2D eigenvalue weighted by Crippen LogP contribution is 2.33. The molecule has 3 rings (SSSR count). The van der Waals surface area contributed by atoms with Gasteiger partial charge in [0.15, 0.2) is 6.04 Å². The highest BCUT2D eigenvalue weighted by atomic mass is 32.1. The molecule has 1 heterocycles. The van der Waals surface area contributed by atoms with Crippen molar-refractivity contribution in [1.82, 2.24) is 5.32 Å². The minimum Gasteiger partial charge on any atom is -0.351 e. The van der Waals surface area contributed by atoms with Crippen LogP contribution in [0.4, 0.5) is 11.4 Å². The summed E-state index contributed by atoms with van der Waals surface area (Å²) in [6.45, 7) is 0. The maximum absolute atomic E-state index is 13.2. The van der Waals surface area contributed by atoms with E-state index in [-0.39, 0.29) is 17.6 Å². The molecule has 28 heavy (non-hydrogen) atoms. The van der Waals surface area contributed by atoms with Crippen LogP contribution in [0.1, 0.15) is 43.0 Å². The number of terminal acetylenes is 1. The van der Waals surface area contributed by atoms with Crippen molar-refractivity contribution in [2.75, 3.05) is 4.90 Å². The fourth-order valence-corrected chi connectivity index (χ4v) is 4.31. The molecule has 0 spiro atoms. The summed E-state index contributed by atoms with van der Waals surface area (Å²) in [7, 11) is 0. The number of amides is 2. The van der Waals surface area contributed by atoms with Crippen LogP contribution in [0, 0.1) is 17.3 Å². The van der Waals surface area contributed by atoms with E-state index in [0.717, 1.165) is 25.7 Å². The van der Waals surface area contributed by atoms with Crippen molar-refractivity contribution in [1.29, 1.82) is 0 Å². The molecule has 0 aliphatic heterocycles. The zero-order chi connectivity index (χ0) is 19.9. The van der Waals surface area contributed by atoms with Gasteiger partial charge in [0.1, 0.15) is 5.69 Å². The summed E-state index contributed by atoms with van der Waals surface area (Å²) in [5, 5.41) is 7.85. The summed E-state index contributed by atoms with van der Waals surface area (Å²) >= 11 is 1.37. The summed E-state index contributed by atoms with van der Waals surface area (Å²) < 4.78 is 0. The van der Waals surface area contributed by atoms with Gasteiger partial charge in [-0.1, -0.05) is 31.4 Å². The molecule has 1 aromatic heterocycles. The number of nitrogens with zero attached hydrogens (tertiary/aromatic N) is 2. The van der Waals surface area contributed by atoms with Gasteiger partial charge in [0, 0.05) is 16.6 Å². The molecule has 144 valence electrons. The summed E-state index contributed by atoms with van der Waals surface area (Å²) in [5.41, 5.74) is 0.516. The van der Waals surface area contributed by atoms with Crippen LogP contribution in [0.5, 0.6) is 0 Å². The second-order valence-corrected chi connectivity index (χ2v) is 7.67. The van der Waals surface area contributed by atoms with Gasteiger partial charge in [-0.15, -0.1) is 22.7 Å². The maximum atomic E-state index is 13.2. The molecule has 1 fully saturated rings. The molecule has 0 bridgehead atoms. The van der Waals surface area contributed by atoms with E-state index in [1.807, 2.05) is 11.4 Å². The molecule has 1 aliphatic carbocycles. The van der Waals surface area contributed by atoms with Crippen LogP contribution in [-0.2, 0) is 9.59 Å². The van der Waals surface area contributed by atoms with Gasteiger partial charge in [0.2, 0.25) is 5.91 Å². The van der Waals surface area contributed by atoms with Gasteiger partial charge in [0.05, 0.1) is 0 Å². The minimum atomic E-state index is -0.910. The first-order valence-electron chi connectivity index (χ1n) is 9.21. The van der Waals surface area contributed by atoms with Crippen LogP contribution >= 0.6 is 11.3 Å². The number of carbonyl (C=O) groups excluding carboxylic acids is 2. The van der Waals surface area contributed by atoms with Crippen molar-refractivity contribution in [2.45, 2.75) is 44.2 Å². The zero-order valence-corrected chi connectivity index (χ0v) is 16.2. The number of nitrogens with one attached hydrogen (secondary N) is 1. The first-order valence-corrected chi connectivity index (χ1v) is 10.1. The van der Waals surface area contributed by atoms with Crippen molar-refractivity contribution >= 4 is 34.5 Å². The van der Waals surface area contributed by atoms with Crippen molar-refractivity contribution in [3.63, 3.8) is 0 Å². The van der Waals surface area contributed by atoms with Gasteiger partial charge in [-0.2, -0.15) is 0 Å². The summed E-state index contributed by atoms with van der Waals surface area (Å²) in [4.78, 5) is 38.8. The third kappa shape index (κ3) is 4.46. The van der Waals surface area contributed by atoms with Gasteiger partial charge < -0.3 is 5.32 Å². The quantitative estimate of drug-likeness (QED) is 0.585. The molecule has 7 heteroatoms. The molecule has 6 nitrogen and oxygen atoms in total. The molecular weight excluding hydrogens is 374 g/mol. The Labute approximate surface area is 167 Å². The monoisotopic (exact) mass is 395 g/mol. The fraction of sp³-hybridized carbons (Fsp3) is 0.333. The molecule has 1 aromatic carbocycles. The topological polar surface area (TPSA) is 78.8 Å². The van der Waals surface area contributed by atoms with E-state index in [9.17, 15) is 14.5 Å². The number of anilines is 1. The molecule has 2 amide bonds. The summed E-state index contributed by atoms with van der Waals surface area (Å²) in [6, 6.07) is 9.03. The number of nitroso groups, excluding NO2 is 1. The lowest BCUT2D eigenvalue weighted by molar-refractivity contribution is -0.125. The Hall–Kier alpha value is -2.98. The number of carbonyl (C=O) groups is 2. The smallest absolute Gasteiger partial charge is 0.303 e. The van der Waals surface area contributed by atoms with Crippen LogP contribution in [0.15, 0.2) is 47.0 Å². The number of hydrogen-bond acceptors (Lipinski definition) is 5. The average Bonchev–Trinajstić information content (AvgIpc) is 3.26. The molecule has 0 radical (unpaired) electrons. The van der Waals surface area contributed by atoms with Crippen molar-refractivity contribution < 1.29 is 9.59 Å². The summed E-state index contributed by atoms with van der Waals surface area (Å²) in [6.07, 6.45) is 10.6. The largest absolute Gasteiger partial charge is 0.351 e. The number of benzene rings is 1. The van der Waals surface area contributed by atoms with E-state index in [4.69, 9.17) is 6.42 Å². The second kappa shape index (κ2) is 9.29. The van der Waals surface area contributed by atoms with Crippen molar-refractivity contribution in [2.24, 2.45) is 5.18 Å². The standard InChI is InChI=1S/C21H21N3O3S/c1-2-19(25)24(17-11-6-10-16(14-17)23-27)20(18-12-7-13-28-18)21(26)22-15-8-4-3-5-9-15/h1,6-7,10-15,20H,3-5,8-9H2,(H,22,26). The van der Waals surface area contributed by atoms with Crippen LogP contribution in [0.25, 0.3) is 0 Å². The zero-order valence-electron chi connectivity index (χ0n) is 15.3. The van der Waals surface area contributed by atoms with Crippen LogP contribution in [-0.4, -0.2) is 17.9 Å². The van der Waals surface area contributed by atoms with E-state index < -0.39 is 11.9 Å². The Bertz CT molecular complexity index is 883. The van der Waals surface area contributed by atoms with Gasteiger partial charge in [-0.25, -0.2) is 0 Å². The molecule has 0 saturated heterocycles. The van der Waals surface area contributed by atoms with Crippen LogP contribution in [0.3, 0.4) is 0 Å². The maximum Gasteiger partial charge on any atom is 0.303 e. The molecule has 1 unspecified atom stereocenters. The molecule has 1 saturated carbocycles. The Kier molecular flexibility index (Phi) is 6.56. The normalized spacial score (nSPS) is 15.2. The Balaban J connectivity index is 1.99. The van der Waals surface area contributed by atoms with Crippen LogP contribution < -0.4 is 10.2 Å². The SMILES string of the molecule is C#CC(=O)N(c1cccc(N=O)c1)C(C(=O)NC1CCCCC1)c1cccs1. The fourth-order valence-electron chi connectivity index (χ4n) is 3.50. The number of rotatable bonds is 6. The van der Waals surface area contributed by atoms with Gasteiger partial charge in [0.25, 0.3) is 0 Å². The Morgan fingerprint density at radius 1 is 1.21 bits per heavy atom. The van der Waals surface area contributed by atoms with E-state index in [0.29, 0.717) is 10.6 Å². The van der Waals surface area contributed by atoms with E-state index >= 15 is 0 Å². The predicted molar refractivity (Wildman–Crippen MR) is 110 cm³/mol.